The van der Waals surface area contributed by atoms with E-state index in [9.17, 15) is 17.6 Å². The molecule has 2 aliphatic heterocycles. The van der Waals surface area contributed by atoms with Gasteiger partial charge >= 0.3 is 0 Å². The van der Waals surface area contributed by atoms with Crippen LogP contribution in [0.1, 0.15) is 46.6 Å². The van der Waals surface area contributed by atoms with Gasteiger partial charge in [-0.3, -0.25) is 10.2 Å². The van der Waals surface area contributed by atoms with Crippen molar-refractivity contribution in [2.45, 2.75) is 25.8 Å². The number of nitrogens with zero attached hydrogens (tertiary/aromatic N) is 4. The van der Waals surface area contributed by atoms with Gasteiger partial charge < -0.3 is 0 Å². The van der Waals surface area contributed by atoms with Gasteiger partial charge in [0, 0.05) is 36.8 Å². The molecule has 0 bridgehead atoms. The molecule has 0 aliphatic carbocycles. The van der Waals surface area contributed by atoms with E-state index in [0.29, 0.717) is 38.1 Å². The van der Waals surface area contributed by atoms with E-state index in [1.54, 1.807) is 41.1 Å². The molecule has 0 saturated carbocycles. The van der Waals surface area contributed by atoms with Crippen LogP contribution < -0.4 is 5.43 Å². The third-order valence-corrected chi connectivity index (χ3v) is 8.35. The molecule has 2 aromatic carbocycles. The lowest BCUT2D eigenvalue weighted by Crippen LogP contribution is -2.45. The Morgan fingerprint density at radius 1 is 1.05 bits per heavy atom. The van der Waals surface area contributed by atoms with Crippen LogP contribution in [0.15, 0.2) is 42.5 Å². The Morgan fingerprint density at radius 3 is 2.42 bits per heavy atom. The topological polar surface area (TPSA) is 87.5 Å². The number of amides is 1. The predicted octanol–water partition coefficient (Wildman–Crippen LogP) is 4.76. The number of aromatic nitrogens is 2. The quantitative estimate of drug-likeness (QED) is 0.472. The van der Waals surface area contributed by atoms with E-state index in [1.165, 1.54) is 16.4 Å². The summed E-state index contributed by atoms with van der Waals surface area (Å²) in [4.78, 5) is 13.5. The molecule has 38 heavy (non-hydrogen) atoms. The van der Waals surface area contributed by atoms with Gasteiger partial charge in [-0.25, -0.2) is 22.5 Å². The van der Waals surface area contributed by atoms with Crippen molar-refractivity contribution in [3.8, 4) is 5.69 Å². The fourth-order valence-electron chi connectivity index (χ4n) is 4.75. The SMILES string of the molecule is CS(=O)(=O)N1C/C(=C\c2ccc(F)cc2)c2c(c(C(=O)NN3CCCCC3)nn2-c2ccc(Cl)cc2Cl)C1. The number of rotatable bonds is 5. The molecule has 1 aromatic heterocycles. The maximum atomic E-state index is 13.6. The van der Waals surface area contributed by atoms with E-state index in [4.69, 9.17) is 23.2 Å². The zero-order valence-corrected chi connectivity index (χ0v) is 23.0. The van der Waals surface area contributed by atoms with Crippen LogP contribution in [-0.2, 0) is 16.6 Å². The number of fused-ring (bicyclic) bond motifs is 1. The first kappa shape index (κ1) is 26.8. The molecule has 1 N–H and O–H groups in total. The summed E-state index contributed by atoms with van der Waals surface area (Å²) in [5.41, 5.74) is 5.79. The van der Waals surface area contributed by atoms with Crippen molar-refractivity contribution in [1.29, 1.82) is 0 Å². The monoisotopic (exact) mass is 577 g/mol. The fourth-order valence-corrected chi connectivity index (χ4v) is 5.97. The average Bonchev–Trinajstić information content (AvgIpc) is 3.25. The summed E-state index contributed by atoms with van der Waals surface area (Å²) in [7, 11) is -3.63. The molecule has 1 fully saturated rings. The minimum Gasteiger partial charge on any atom is -0.283 e. The zero-order chi connectivity index (χ0) is 27.0. The molecule has 0 atom stereocenters. The van der Waals surface area contributed by atoms with Crippen LogP contribution in [0, 0.1) is 5.82 Å². The van der Waals surface area contributed by atoms with Gasteiger partial charge in [0.25, 0.3) is 5.91 Å². The molecule has 3 aromatic rings. The van der Waals surface area contributed by atoms with E-state index in [2.05, 4.69) is 10.5 Å². The van der Waals surface area contributed by atoms with E-state index in [-0.39, 0.29) is 24.6 Å². The van der Waals surface area contributed by atoms with Crippen LogP contribution in [0.4, 0.5) is 4.39 Å². The molecule has 12 heteroatoms. The summed E-state index contributed by atoms with van der Waals surface area (Å²) < 4.78 is 41.8. The molecule has 0 spiro atoms. The highest BCUT2D eigenvalue weighted by molar-refractivity contribution is 7.88. The minimum atomic E-state index is -3.63. The number of halogens is 3. The number of hydrazine groups is 1. The van der Waals surface area contributed by atoms with Crippen LogP contribution in [0.3, 0.4) is 0 Å². The fraction of sp³-hybridized carbons (Fsp3) is 0.308. The number of hydrogen-bond donors (Lipinski definition) is 1. The number of carbonyl (C=O) groups is 1. The maximum Gasteiger partial charge on any atom is 0.286 e. The van der Waals surface area contributed by atoms with E-state index >= 15 is 0 Å². The third kappa shape index (κ3) is 5.64. The Hall–Kier alpha value is -2.76. The predicted molar refractivity (Wildman–Crippen MR) is 146 cm³/mol. The molecule has 0 unspecified atom stereocenters. The summed E-state index contributed by atoms with van der Waals surface area (Å²) in [5.74, 6) is -0.813. The van der Waals surface area contributed by atoms with Gasteiger partial charge in [-0.1, -0.05) is 41.8 Å². The Bertz CT molecular complexity index is 1520. The lowest BCUT2D eigenvalue weighted by Gasteiger charge is -2.29. The van der Waals surface area contributed by atoms with Gasteiger partial charge in [-0.05, 0) is 60.4 Å². The van der Waals surface area contributed by atoms with Gasteiger partial charge in [-0.15, -0.1) is 0 Å². The molecular formula is C26H26Cl2FN5O3S. The zero-order valence-electron chi connectivity index (χ0n) is 20.6. The summed E-state index contributed by atoms with van der Waals surface area (Å²) in [6.07, 6.45) is 5.94. The van der Waals surface area contributed by atoms with E-state index < -0.39 is 15.9 Å². The summed E-state index contributed by atoms with van der Waals surface area (Å²) in [6, 6.07) is 10.8. The summed E-state index contributed by atoms with van der Waals surface area (Å²) in [6.45, 7) is 1.45. The van der Waals surface area contributed by atoms with Crippen LogP contribution in [0.25, 0.3) is 17.3 Å². The first-order valence-electron chi connectivity index (χ1n) is 12.1. The third-order valence-electron chi connectivity index (χ3n) is 6.62. The van der Waals surface area contributed by atoms with Crippen LogP contribution in [0.2, 0.25) is 10.0 Å². The highest BCUT2D eigenvalue weighted by Crippen LogP contribution is 2.36. The second-order valence-electron chi connectivity index (χ2n) is 9.42. The first-order valence-corrected chi connectivity index (χ1v) is 14.8. The smallest absolute Gasteiger partial charge is 0.283 e. The number of piperidine rings is 1. The lowest BCUT2D eigenvalue weighted by molar-refractivity contribution is 0.0742. The number of hydrogen-bond acceptors (Lipinski definition) is 5. The number of sulfonamides is 1. The number of nitrogens with one attached hydrogen (secondary N) is 1. The van der Waals surface area contributed by atoms with Crippen molar-refractivity contribution in [1.82, 2.24) is 24.5 Å². The molecule has 200 valence electrons. The molecular weight excluding hydrogens is 552 g/mol. The highest BCUT2D eigenvalue weighted by atomic mass is 35.5. The van der Waals surface area contributed by atoms with Crippen molar-refractivity contribution in [2.24, 2.45) is 0 Å². The van der Waals surface area contributed by atoms with Crippen molar-refractivity contribution in [3.05, 3.63) is 80.8 Å². The van der Waals surface area contributed by atoms with Crippen molar-refractivity contribution >= 4 is 50.8 Å². The second kappa shape index (κ2) is 10.8. The van der Waals surface area contributed by atoms with Crippen molar-refractivity contribution in [2.75, 3.05) is 25.9 Å². The van der Waals surface area contributed by atoms with Gasteiger partial charge in [0.1, 0.15) is 5.82 Å². The average molecular weight is 578 g/mol. The Balaban J connectivity index is 1.70. The summed E-state index contributed by atoms with van der Waals surface area (Å²) in [5, 5.41) is 7.28. The Kier molecular flexibility index (Phi) is 7.61. The molecule has 1 amide bonds. The van der Waals surface area contributed by atoms with E-state index in [0.717, 1.165) is 38.6 Å². The van der Waals surface area contributed by atoms with Gasteiger partial charge in [0.2, 0.25) is 10.0 Å². The van der Waals surface area contributed by atoms with Crippen LogP contribution in [-0.4, -0.2) is 59.3 Å². The lowest BCUT2D eigenvalue weighted by atomic mass is 9.99. The largest absolute Gasteiger partial charge is 0.286 e. The van der Waals surface area contributed by atoms with Gasteiger partial charge in [-0.2, -0.15) is 9.40 Å². The van der Waals surface area contributed by atoms with E-state index in [1.807, 2.05) is 5.01 Å². The van der Waals surface area contributed by atoms with Crippen LogP contribution >= 0.6 is 23.2 Å². The molecule has 3 heterocycles. The van der Waals surface area contributed by atoms with Crippen molar-refractivity contribution < 1.29 is 17.6 Å². The molecule has 8 nitrogen and oxygen atoms in total. The van der Waals surface area contributed by atoms with Gasteiger partial charge in [0.15, 0.2) is 5.69 Å². The molecule has 2 aliphatic rings. The Labute approximate surface area is 230 Å². The molecule has 0 radical (unpaired) electrons. The molecule has 5 rings (SSSR count). The standard InChI is InChI=1S/C26H26Cl2FN5O3S/c1-38(36,37)33-15-18(13-17-5-8-20(29)9-6-17)25-21(16-33)24(26(35)31-32-11-3-2-4-12-32)30-34(25)23-10-7-19(27)14-22(23)28/h5-10,13-14H,2-4,11-12,15-16H2,1H3,(H,31,35)/b18-13+. The number of carbonyl (C=O) groups excluding carboxylic acids is 1. The van der Waals surface area contributed by atoms with Crippen LogP contribution in [0.5, 0.6) is 0 Å². The maximum absolute atomic E-state index is 13.6. The Morgan fingerprint density at radius 2 is 1.76 bits per heavy atom. The van der Waals surface area contributed by atoms with Gasteiger partial charge in [0.05, 0.1) is 22.7 Å². The first-order chi connectivity index (χ1) is 18.1. The summed E-state index contributed by atoms with van der Waals surface area (Å²) >= 11 is 12.7. The highest BCUT2D eigenvalue weighted by Gasteiger charge is 2.35. The second-order valence-corrected chi connectivity index (χ2v) is 12.3. The minimum absolute atomic E-state index is 0.0350. The number of benzene rings is 2. The van der Waals surface area contributed by atoms with Crippen molar-refractivity contribution in [3.63, 3.8) is 0 Å². The molecule has 1 saturated heterocycles. The normalized spacial score (nSPS) is 17.9.